The maximum absolute atomic E-state index is 7.69. The summed E-state index contributed by atoms with van der Waals surface area (Å²) in [4.78, 5) is 0. The van der Waals surface area contributed by atoms with E-state index in [1.165, 1.54) is 0 Å². The minimum atomic E-state index is 0.597. The molecule has 0 saturated heterocycles. The topological polar surface area (TPSA) is 133 Å². The van der Waals surface area contributed by atoms with Gasteiger partial charge in [0.1, 0.15) is 0 Å². The van der Waals surface area contributed by atoms with Gasteiger partial charge >= 0.3 is 0 Å². The molecule has 0 rings (SSSR count). The van der Waals surface area contributed by atoms with Crippen molar-refractivity contribution in [2.45, 2.75) is 27.7 Å². The van der Waals surface area contributed by atoms with Crippen molar-refractivity contribution in [2.75, 3.05) is 13.1 Å². The zero-order chi connectivity index (χ0) is 17.1. The van der Waals surface area contributed by atoms with Crippen LogP contribution in [-0.4, -0.2) is 33.5 Å². The molecular formula is C14H32N2O4. The van der Waals surface area contributed by atoms with Gasteiger partial charge in [-0.3, -0.25) is 0 Å². The highest BCUT2D eigenvalue weighted by molar-refractivity contribution is 4.61. The van der Waals surface area contributed by atoms with Crippen molar-refractivity contribution in [2.24, 2.45) is 11.5 Å². The number of rotatable bonds is 1. The van der Waals surface area contributed by atoms with Crippen LogP contribution in [0.25, 0.3) is 0 Å². The maximum Gasteiger partial charge on any atom is 0.0748 e. The van der Waals surface area contributed by atoms with Gasteiger partial charge in [0.15, 0.2) is 0 Å². The second-order valence-electron chi connectivity index (χ2n) is 2.51. The van der Waals surface area contributed by atoms with Gasteiger partial charge in [-0.25, -0.2) is 0 Å². The van der Waals surface area contributed by atoms with E-state index in [4.69, 9.17) is 31.9 Å². The molecule has 0 atom stereocenters. The molecule has 0 fully saturated rings. The zero-order valence-corrected chi connectivity index (χ0v) is 13.0. The molecule has 0 unspecified atom stereocenters. The van der Waals surface area contributed by atoms with Crippen molar-refractivity contribution in [1.29, 1.82) is 0 Å². The van der Waals surface area contributed by atoms with Crippen LogP contribution >= 0.6 is 0 Å². The van der Waals surface area contributed by atoms with Crippen LogP contribution in [0.5, 0.6) is 0 Å². The van der Waals surface area contributed by atoms with Crippen LogP contribution in [0, 0.1) is 0 Å². The van der Waals surface area contributed by atoms with Crippen LogP contribution in [0.1, 0.15) is 27.7 Å². The number of hydrogen-bond donors (Lipinski definition) is 6. The smallest absolute Gasteiger partial charge is 0.0748 e. The molecule has 0 radical (unpaired) electrons. The fraction of sp³-hybridized carbons (Fsp3) is 0.429. The summed E-state index contributed by atoms with van der Waals surface area (Å²) in [6.07, 6.45) is 10.2. The van der Waals surface area contributed by atoms with Gasteiger partial charge < -0.3 is 31.9 Å². The predicted molar refractivity (Wildman–Crippen MR) is 87.9 cm³/mol. The van der Waals surface area contributed by atoms with Gasteiger partial charge in [0, 0.05) is 13.1 Å². The molecule has 0 saturated carbocycles. The molecule has 0 heterocycles. The van der Waals surface area contributed by atoms with E-state index < -0.39 is 0 Å². The lowest BCUT2D eigenvalue weighted by Gasteiger charge is -1.72. The number of nitrogens with two attached hydrogens (primary N) is 2. The van der Waals surface area contributed by atoms with Crippen molar-refractivity contribution >= 4 is 0 Å². The summed E-state index contributed by atoms with van der Waals surface area (Å²) in [5.74, 6) is 0. The monoisotopic (exact) mass is 292 g/mol. The van der Waals surface area contributed by atoms with Crippen LogP contribution in [-0.2, 0) is 0 Å². The minimum absolute atomic E-state index is 0.597. The quantitative estimate of drug-likeness (QED) is 0.411. The summed E-state index contributed by atoms with van der Waals surface area (Å²) in [5, 5.41) is 30.8. The van der Waals surface area contributed by atoms with Crippen LogP contribution in [0.3, 0.4) is 0 Å². The van der Waals surface area contributed by atoms with E-state index in [0.29, 0.717) is 13.1 Å². The summed E-state index contributed by atoms with van der Waals surface area (Å²) in [6, 6.07) is 0. The number of aliphatic hydroxyl groups excluding tert-OH is 4. The second-order valence-corrected chi connectivity index (χ2v) is 2.51. The fourth-order valence-electron chi connectivity index (χ4n) is 0. The molecule has 0 aromatic heterocycles. The Bertz CT molecular complexity index is 145. The summed E-state index contributed by atoms with van der Waals surface area (Å²) < 4.78 is 0. The average Bonchev–Trinajstić information content (AvgIpc) is 2.55. The highest BCUT2D eigenvalue weighted by Gasteiger charge is 1.54. The lowest BCUT2D eigenvalue weighted by molar-refractivity contribution is 0.472. The van der Waals surface area contributed by atoms with E-state index in [0.717, 1.165) is 25.0 Å². The Balaban J connectivity index is -0.0000000469. The van der Waals surface area contributed by atoms with Gasteiger partial charge in [0.25, 0.3) is 0 Å². The molecule has 6 heteroatoms. The van der Waals surface area contributed by atoms with E-state index in [1.54, 1.807) is 52.0 Å². The third kappa shape index (κ3) is 385. The van der Waals surface area contributed by atoms with Crippen molar-refractivity contribution in [3.05, 3.63) is 49.4 Å². The molecule has 6 nitrogen and oxygen atoms in total. The van der Waals surface area contributed by atoms with Gasteiger partial charge in [-0.05, 0) is 27.7 Å². The average molecular weight is 292 g/mol. The Kier molecular flexibility index (Phi) is 104. The SMILES string of the molecule is CC=CO.CC=CO.CC=CO.CC=CO.NCCN. The summed E-state index contributed by atoms with van der Waals surface area (Å²) in [5.41, 5.74) is 9.81. The molecular weight excluding hydrogens is 260 g/mol. The summed E-state index contributed by atoms with van der Waals surface area (Å²) in [6.45, 7) is 8.19. The fourth-order valence-corrected chi connectivity index (χ4v) is 0. The first-order valence-corrected chi connectivity index (χ1v) is 5.99. The van der Waals surface area contributed by atoms with E-state index in [9.17, 15) is 0 Å². The standard InChI is InChI=1S/4C3H6O.C2H8N2/c4*1-2-3-4;3-1-2-4/h4*2-4H,1H3;1-4H2. The minimum Gasteiger partial charge on any atom is -0.516 e. The molecule has 0 amide bonds. The molecule has 8 N–H and O–H groups in total. The molecule has 0 bridgehead atoms. The first-order valence-electron chi connectivity index (χ1n) is 5.99. The molecule has 122 valence electrons. The maximum atomic E-state index is 7.69. The Hall–Kier alpha value is -1.92. The van der Waals surface area contributed by atoms with Crippen LogP contribution in [0.15, 0.2) is 49.4 Å². The Morgan fingerprint density at radius 2 is 0.650 bits per heavy atom. The number of hydrogen-bond acceptors (Lipinski definition) is 6. The zero-order valence-electron chi connectivity index (χ0n) is 13.0. The molecule has 0 aliphatic heterocycles. The van der Waals surface area contributed by atoms with E-state index in [-0.39, 0.29) is 0 Å². The molecule has 20 heavy (non-hydrogen) atoms. The lowest BCUT2D eigenvalue weighted by Crippen LogP contribution is -2.11. The molecule has 0 aromatic rings. The van der Waals surface area contributed by atoms with Crippen LogP contribution in [0.2, 0.25) is 0 Å². The Morgan fingerprint density at radius 1 is 0.550 bits per heavy atom. The second kappa shape index (κ2) is 67.6. The largest absolute Gasteiger partial charge is 0.516 e. The Labute approximate surface area is 123 Å². The van der Waals surface area contributed by atoms with E-state index in [2.05, 4.69) is 0 Å². The van der Waals surface area contributed by atoms with Gasteiger partial charge in [-0.2, -0.15) is 0 Å². The van der Waals surface area contributed by atoms with Crippen molar-refractivity contribution in [3.8, 4) is 0 Å². The van der Waals surface area contributed by atoms with Crippen LogP contribution < -0.4 is 11.5 Å². The van der Waals surface area contributed by atoms with Gasteiger partial charge in [0.05, 0.1) is 25.0 Å². The predicted octanol–water partition coefficient (Wildman–Crippen LogP) is 3.22. The normalized spacial score (nSPS) is 8.90. The highest BCUT2D eigenvalue weighted by atomic mass is 16.2. The third-order valence-corrected chi connectivity index (χ3v) is 0.763. The van der Waals surface area contributed by atoms with E-state index >= 15 is 0 Å². The highest BCUT2D eigenvalue weighted by Crippen LogP contribution is 1.52. The third-order valence-electron chi connectivity index (χ3n) is 0.763. The van der Waals surface area contributed by atoms with Gasteiger partial charge in [0.2, 0.25) is 0 Å². The van der Waals surface area contributed by atoms with Gasteiger partial charge in [-0.15, -0.1) is 0 Å². The van der Waals surface area contributed by atoms with Gasteiger partial charge in [-0.1, -0.05) is 24.3 Å². The van der Waals surface area contributed by atoms with Crippen LogP contribution in [0.4, 0.5) is 0 Å². The Morgan fingerprint density at radius 3 is 0.650 bits per heavy atom. The summed E-state index contributed by atoms with van der Waals surface area (Å²) in [7, 11) is 0. The molecule has 0 aliphatic carbocycles. The van der Waals surface area contributed by atoms with E-state index in [1.807, 2.05) is 0 Å². The van der Waals surface area contributed by atoms with Crippen molar-refractivity contribution in [1.82, 2.24) is 0 Å². The molecule has 0 spiro atoms. The summed E-state index contributed by atoms with van der Waals surface area (Å²) >= 11 is 0. The number of allylic oxidation sites excluding steroid dienone is 4. The first-order chi connectivity index (χ1) is 9.57. The van der Waals surface area contributed by atoms with Crippen molar-refractivity contribution < 1.29 is 20.4 Å². The number of aliphatic hydroxyl groups is 4. The molecule has 0 aliphatic rings. The lowest BCUT2D eigenvalue weighted by atomic mass is 10.7. The van der Waals surface area contributed by atoms with Crippen molar-refractivity contribution in [3.63, 3.8) is 0 Å². The molecule has 0 aromatic carbocycles. The first kappa shape index (κ1) is 30.8.